The van der Waals surface area contributed by atoms with Crippen molar-refractivity contribution in [2.75, 3.05) is 17.1 Å². The molecule has 1 heterocycles. The van der Waals surface area contributed by atoms with Gasteiger partial charge in [-0.15, -0.1) is 0 Å². The predicted octanol–water partition coefficient (Wildman–Crippen LogP) is 5.98. The van der Waals surface area contributed by atoms with Gasteiger partial charge in [0.25, 0.3) is 10.0 Å². The highest BCUT2D eigenvalue weighted by atomic mass is 79.9. The highest BCUT2D eigenvalue weighted by Crippen LogP contribution is 2.28. The van der Waals surface area contributed by atoms with E-state index >= 15 is 0 Å². The molecule has 1 unspecified atom stereocenters. The Morgan fingerprint density at radius 3 is 2.28 bits per heavy atom. The van der Waals surface area contributed by atoms with Crippen LogP contribution in [0, 0.1) is 6.92 Å². The van der Waals surface area contributed by atoms with Crippen molar-refractivity contribution in [1.29, 1.82) is 0 Å². The number of anilines is 2. The summed E-state index contributed by atoms with van der Waals surface area (Å²) in [5.74, 6) is 1.29. The fourth-order valence-electron chi connectivity index (χ4n) is 3.57. The zero-order valence-electron chi connectivity index (χ0n) is 19.6. The molecule has 36 heavy (non-hydrogen) atoms. The van der Waals surface area contributed by atoms with Crippen LogP contribution in [-0.2, 0) is 10.0 Å². The number of carbonyl (C=O) groups is 1. The summed E-state index contributed by atoms with van der Waals surface area (Å²) in [5, 5.41) is 7.03. The monoisotopic (exact) mass is 569 g/mol. The summed E-state index contributed by atoms with van der Waals surface area (Å²) in [4.78, 5) is 13.1. The molecular formula is C26H24BrN3O5S. The van der Waals surface area contributed by atoms with Crippen molar-refractivity contribution in [3.8, 4) is 5.75 Å². The number of ether oxygens (including phenoxy) is 1. The number of halogens is 1. The number of Topliss-reactive ketones (excluding diaryl/α,β-unsaturated/α-hetero) is 1. The lowest BCUT2D eigenvalue weighted by atomic mass is 9.97. The van der Waals surface area contributed by atoms with Crippen LogP contribution in [0.2, 0.25) is 0 Å². The molecule has 10 heteroatoms. The minimum absolute atomic E-state index is 0.0258. The fraction of sp³-hybridized carbons (Fsp3) is 0.154. The van der Waals surface area contributed by atoms with Crippen LogP contribution in [0.25, 0.3) is 0 Å². The minimum atomic E-state index is -3.84. The smallest absolute Gasteiger partial charge is 0.263 e. The molecule has 0 aliphatic rings. The third kappa shape index (κ3) is 6.32. The second kappa shape index (κ2) is 11.0. The number of aryl methyl sites for hydroxylation is 1. The van der Waals surface area contributed by atoms with Crippen LogP contribution in [0.1, 0.15) is 34.1 Å². The number of nitrogens with zero attached hydrogens (tertiary/aromatic N) is 1. The molecule has 0 saturated carbocycles. The first-order chi connectivity index (χ1) is 17.2. The third-order valence-corrected chi connectivity index (χ3v) is 7.35. The molecule has 3 aromatic carbocycles. The number of nitrogens with one attached hydrogen (secondary N) is 2. The van der Waals surface area contributed by atoms with E-state index in [0.717, 1.165) is 10.0 Å². The summed E-state index contributed by atoms with van der Waals surface area (Å²) in [5.41, 5.74) is 2.16. The normalized spacial score (nSPS) is 12.1. The topological polar surface area (TPSA) is 111 Å². The van der Waals surface area contributed by atoms with Gasteiger partial charge in [-0.3, -0.25) is 9.52 Å². The first-order valence-electron chi connectivity index (χ1n) is 11.0. The Morgan fingerprint density at radius 2 is 1.69 bits per heavy atom. The van der Waals surface area contributed by atoms with Crippen LogP contribution in [0.5, 0.6) is 5.75 Å². The Morgan fingerprint density at radius 1 is 1.03 bits per heavy atom. The Kier molecular flexibility index (Phi) is 7.76. The molecule has 1 aromatic heterocycles. The number of carbonyl (C=O) groups excluding carboxylic acids is 1. The van der Waals surface area contributed by atoms with Gasteiger partial charge in [0.1, 0.15) is 11.5 Å². The van der Waals surface area contributed by atoms with E-state index in [1.54, 1.807) is 38.3 Å². The number of rotatable bonds is 10. The molecular weight excluding hydrogens is 546 g/mol. The van der Waals surface area contributed by atoms with E-state index in [0.29, 0.717) is 22.8 Å². The van der Waals surface area contributed by atoms with Gasteiger partial charge in [-0.05, 0) is 61.0 Å². The maximum atomic E-state index is 13.0. The molecule has 0 spiro atoms. The molecule has 0 saturated heterocycles. The van der Waals surface area contributed by atoms with Crippen molar-refractivity contribution in [3.05, 3.63) is 100 Å². The average molecular weight is 570 g/mol. The standard InChI is InChI=1S/C26H24BrN3O5S/c1-17-15-26(29-35-17)30-36(32,33)23-13-9-21(10-14-23)28-24(18-5-11-22(34-2)12-6-18)16-25(31)19-3-7-20(27)8-4-19/h3-15,24,28H,16H2,1-2H3,(H,29,30). The molecule has 4 rings (SSSR count). The summed E-state index contributed by atoms with van der Waals surface area (Å²) < 4.78 is 38.8. The number of sulfonamides is 1. The van der Waals surface area contributed by atoms with Gasteiger partial charge in [0.15, 0.2) is 11.6 Å². The predicted molar refractivity (Wildman–Crippen MR) is 141 cm³/mol. The van der Waals surface area contributed by atoms with E-state index in [2.05, 4.69) is 31.1 Å². The van der Waals surface area contributed by atoms with Gasteiger partial charge in [-0.2, -0.15) is 0 Å². The summed E-state index contributed by atoms with van der Waals surface area (Å²) in [7, 11) is -2.24. The average Bonchev–Trinajstić information content (AvgIpc) is 3.28. The highest BCUT2D eigenvalue weighted by molar-refractivity contribution is 9.10. The molecule has 4 aromatic rings. The van der Waals surface area contributed by atoms with Gasteiger partial charge in [0, 0.05) is 28.2 Å². The number of aromatic nitrogens is 1. The molecule has 186 valence electrons. The molecule has 8 nitrogen and oxygen atoms in total. The van der Waals surface area contributed by atoms with E-state index in [1.165, 1.54) is 18.2 Å². The zero-order valence-corrected chi connectivity index (χ0v) is 22.0. The summed E-state index contributed by atoms with van der Waals surface area (Å²) in [6.45, 7) is 1.67. The van der Waals surface area contributed by atoms with Crippen LogP contribution in [0.15, 0.2) is 92.8 Å². The van der Waals surface area contributed by atoms with Gasteiger partial charge in [0.05, 0.1) is 18.0 Å². The molecule has 0 radical (unpaired) electrons. The quantitative estimate of drug-likeness (QED) is 0.226. The van der Waals surface area contributed by atoms with E-state index in [9.17, 15) is 13.2 Å². The number of hydrogen-bond acceptors (Lipinski definition) is 7. The maximum absolute atomic E-state index is 13.0. The van der Waals surface area contributed by atoms with E-state index in [1.807, 2.05) is 36.4 Å². The lowest BCUT2D eigenvalue weighted by Crippen LogP contribution is -2.16. The van der Waals surface area contributed by atoms with Crippen molar-refractivity contribution in [3.63, 3.8) is 0 Å². The first-order valence-corrected chi connectivity index (χ1v) is 13.3. The fourth-order valence-corrected chi connectivity index (χ4v) is 4.82. The number of ketones is 1. The highest BCUT2D eigenvalue weighted by Gasteiger charge is 2.20. The van der Waals surface area contributed by atoms with Crippen LogP contribution < -0.4 is 14.8 Å². The van der Waals surface area contributed by atoms with Crippen molar-refractivity contribution < 1.29 is 22.5 Å². The lowest BCUT2D eigenvalue weighted by Gasteiger charge is -2.21. The molecule has 0 aliphatic heterocycles. The van der Waals surface area contributed by atoms with Gasteiger partial charge >= 0.3 is 0 Å². The number of hydrogen-bond donors (Lipinski definition) is 2. The van der Waals surface area contributed by atoms with Gasteiger partial charge < -0.3 is 14.6 Å². The minimum Gasteiger partial charge on any atom is -0.497 e. The Bertz CT molecular complexity index is 1430. The SMILES string of the molecule is COc1ccc(C(CC(=O)c2ccc(Br)cc2)Nc2ccc(S(=O)(=O)Nc3cc(C)on3)cc2)cc1. The van der Waals surface area contributed by atoms with Gasteiger partial charge in [0.2, 0.25) is 0 Å². The van der Waals surface area contributed by atoms with E-state index in [-0.39, 0.29) is 29.0 Å². The number of methoxy groups -OCH3 is 1. The zero-order chi connectivity index (χ0) is 25.7. The van der Waals surface area contributed by atoms with Crippen LogP contribution in [-0.4, -0.2) is 26.5 Å². The van der Waals surface area contributed by atoms with E-state index < -0.39 is 10.0 Å². The van der Waals surface area contributed by atoms with Crippen LogP contribution in [0.3, 0.4) is 0 Å². The van der Waals surface area contributed by atoms with Crippen molar-refractivity contribution >= 4 is 43.2 Å². The number of benzene rings is 3. The third-order valence-electron chi connectivity index (χ3n) is 5.45. The Hall–Kier alpha value is -3.63. The Balaban J connectivity index is 1.54. The summed E-state index contributed by atoms with van der Waals surface area (Å²) in [6.07, 6.45) is 0.196. The lowest BCUT2D eigenvalue weighted by molar-refractivity contribution is 0.0976. The summed E-state index contributed by atoms with van der Waals surface area (Å²) >= 11 is 3.39. The van der Waals surface area contributed by atoms with Crippen molar-refractivity contribution in [2.24, 2.45) is 0 Å². The van der Waals surface area contributed by atoms with Crippen molar-refractivity contribution in [1.82, 2.24) is 5.16 Å². The first kappa shape index (κ1) is 25.5. The second-order valence-electron chi connectivity index (χ2n) is 8.06. The molecule has 0 fully saturated rings. The molecule has 2 N–H and O–H groups in total. The van der Waals surface area contributed by atoms with Gasteiger partial charge in [-0.1, -0.05) is 45.4 Å². The molecule has 0 bridgehead atoms. The molecule has 1 atom stereocenters. The summed E-state index contributed by atoms with van der Waals surface area (Å²) in [6, 6.07) is 22.1. The van der Waals surface area contributed by atoms with Crippen LogP contribution >= 0.6 is 15.9 Å². The van der Waals surface area contributed by atoms with Crippen molar-refractivity contribution in [2.45, 2.75) is 24.3 Å². The largest absolute Gasteiger partial charge is 0.497 e. The van der Waals surface area contributed by atoms with E-state index in [4.69, 9.17) is 9.26 Å². The maximum Gasteiger partial charge on any atom is 0.263 e. The Labute approximate surface area is 217 Å². The van der Waals surface area contributed by atoms with Crippen LogP contribution in [0.4, 0.5) is 11.5 Å². The molecule has 0 amide bonds. The van der Waals surface area contributed by atoms with Gasteiger partial charge in [-0.25, -0.2) is 8.42 Å². The second-order valence-corrected chi connectivity index (χ2v) is 10.7. The molecule has 0 aliphatic carbocycles.